The Hall–Kier alpha value is -3.80. The van der Waals surface area contributed by atoms with Crippen LogP contribution in [0, 0.1) is 13.8 Å². The van der Waals surface area contributed by atoms with Crippen LogP contribution in [0.1, 0.15) is 21.5 Å². The van der Waals surface area contributed by atoms with Crippen LogP contribution >= 0.6 is 0 Å². The summed E-state index contributed by atoms with van der Waals surface area (Å²) in [5.74, 6) is 0.615. The highest BCUT2D eigenvalue weighted by Crippen LogP contribution is 2.25. The molecule has 0 fully saturated rings. The molecule has 0 radical (unpaired) electrons. The molecule has 0 heterocycles. The Morgan fingerprint density at radius 3 is 2.00 bits per heavy atom. The summed E-state index contributed by atoms with van der Waals surface area (Å²) in [4.78, 5) is 22.8. The third-order valence-corrected chi connectivity index (χ3v) is 4.04. The molecule has 1 amide bonds. The molecule has 0 bridgehead atoms. The number of carbonyl (C=O) groups excluding carboxylic acids is 1. The lowest BCUT2D eigenvalue weighted by molar-refractivity contribution is -0.118. The molecular weight excluding hydrogens is 370 g/mol. The second-order valence-electron chi connectivity index (χ2n) is 6.62. The van der Waals surface area contributed by atoms with Crippen molar-refractivity contribution in [3.63, 3.8) is 0 Å². The highest BCUT2D eigenvalue weighted by molar-refractivity contribution is 5.93. The predicted molar refractivity (Wildman–Crippen MR) is 110 cm³/mol. The number of amides is 1. The van der Waals surface area contributed by atoms with E-state index in [1.54, 1.807) is 24.3 Å². The molecule has 0 spiro atoms. The smallest absolute Gasteiger partial charge is 0.335 e. The van der Waals surface area contributed by atoms with Gasteiger partial charge in [0.05, 0.1) is 5.56 Å². The van der Waals surface area contributed by atoms with Gasteiger partial charge in [-0.1, -0.05) is 6.07 Å². The van der Waals surface area contributed by atoms with Crippen molar-refractivity contribution in [3.8, 4) is 17.2 Å². The molecule has 3 aromatic rings. The normalized spacial score (nSPS) is 10.3. The topological polar surface area (TPSA) is 84.9 Å². The quantitative estimate of drug-likeness (QED) is 0.604. The van der Waals surface area contributed by atoms with Crippen molar-refractivity contribution in [2.75, 3.05) is 11.9 Å². The van der Waals surface area contributed by atoms with E-state index >= 15 is 0 Å². The Bertz CT molecular complexity index is 990. The van der Waals surface area contributed by atoms with E-state index in [4.69, 9.17) is 14.6 Å². The summed E-state index contributed by atoms with van der Waals surface area (Å²) in [6.45, 7) is 3.86. The van der Waals surface area contributed by atoms with E-state index in [2.05, 4.69) is 11.4 Å². The molecule has 0 aliphatic rings. The highest BCUT2D eigenvalue weighted by atomic mass is 16.5. The van der Waals surface area contributed by atoms with Crippen molar-refractivity contribution >= 4 is 17.6 Å². The van der Waals surface area contributed by atoms with Crippen LogP contribution in [0.4, 0.5) is 5.69 Å². The molecule has 0 aliphatic heterocycles. The predicted octanol–water partition coefficient (Wildman–Crippen LogP) is 4.81. The van der Waals surface area contributed by atoms with Crippen molar-refractivity contribution in [3.05, 3.63) is 83.4 Å². The Labute approximate surface area is 168 Å². The third-order valence-electron chi connectivity index (χ3n) is 4.04. The molecule has 29 heavy (non-hydrogen) atoms. The zero-order valence-corrected chi connectivity index (χ0v) is 16.1. The van der Waals surface area contributed by atoms with Crippen LogP contribution < -0.4 is 14.8 Å². The molecule has 0 aromatic heterocycles. The minimum atomic E-state index is -1.02. The fourth-order valence-corrected chi connectivity index (χ4v) is 2.77. The molecule has 148 valence electrons. The van der Waals surface area contributed by atoms with E-state index in [1.807, 2.05) is 26.0 Å². The molecule has 0 saturated heterocycles. The van der Waals surface area contributed by atoms with E-state index in [9.17, 15) is 9.59 Å². The van der Waals surface area contributed by atoms with E-state index in [0.717, 1.165) is 16.9 Å². The molecule has 3 rings (SSSR count). The lowest BCUT2D eigenvalue weighted by Gasteiger charge is -2.10. The Morgan fingerprint density at radius 2 is 1.41 bits per heavy atom. The Balaban J connectivity index is 1.51. The number of benzene rings is 3. The maximum atomic E-state index is 12.0. The first-order chi connectivity index (χ1) is 13.9. The van der Waals surface area contributed by atoms with Gasteiger partial charge in [-0.15, -0.1) is 0 Å². The number of carbonyl (C=O) groups is 2. The van der Waals surface area contributed by atoms with Crippen molar-refractivity contribution in [1.82, 2.24) is 0 Å². The standard InChI is InChI=1S/C23H21NO5/c1-15-11-16(2)13-21(12-15)29-20-9-7-19(8-10-20)28-14-22(25)24-18-5-3-17(4-6-18)23(26)27/h3-13H,14H2,1-2H3,(H,24,25)(H,26,27). The number of carboxylic acids is 1. The molecule has 0 saturated carbocycles. The van der Waals surface area contributed by atoms with Crippen molar-refractivity contribution in [2.45, 2.75) is 13.8 Å². The minimum Gasteiger partial charge on any atom is -0.484 e. The molecule has 0 unspecified atom stereocenters. The molecule has 3 aromatic carbocycles. The average Bonchev–Trinajstić information content (AvgIpc) is 2.67. The second kappa shape index (κ2) is 8.93. The maximum absolute atomic E-state index is 12.0. The molecule has 0 aliphatic carbocycles. The van der Waals surface area contributed by atoms with Crippen molar-refractivity contribution in [2.24, 2.45) is 0 Å². The van der Waals surface area contributed by atoms with Gasteiger partial charge < -0.3 is 19.9 Å². The SMILES string of the molecule is Cc1cc(C)cc(Oc2ccc(OCC(=O)Nc3ccc(C(=O)O)cc3)cc2)c1. The van der Waals surface area contributed by atoms with Gasteiger partial charge in [-0.05, 0) is 85.6 Å². The summed E-state index contributed by atoms with van der Waals surface area (Å²) in [5.41, 5.74) is 2.91. The number of aromatic carboxylic acids is 1. The number of aryl methyl sites for hydroxylation is 2. The molecule has 6 nitrogen and oxygen atoms in total. The number of rotatable bonds is 7. The Kier molecular flexibility index (Phi) is 6.14. The highest BCUT2D eigenvalue weighted by Gasteiger charge is 2.07. The van der Waals surface area contributed by atoms with Crippen LogP contribution in [0.5, 0.6) is 17.2 Å². The first kappa shape index (κ1) is 19.9. The summed E-state index contributed by atoms with van der Waals surface area (Å²) in [7, 11) is 0. The van der Waals surface area contributed by atoms with Crippen LogP contribution in [0.25, 0.3) is 0 Å². The molecule has 6 heteroatoms. The monoisotopic (exact) mass is 391 g/mol. The first-order valence-corrected chi connectivity index (χ1v) is 9.01. The average molecular weight is 391 g/mol. The fraction of sp³-hybridized carbons (Fsp3) is 0.130. The maximum Gasteiger partial charge on any atom is 0.335 e. The summed E-state index contributed by atoms with van der Waals surface area (Å²) in [6, 6.07) is 18.9. The van der Waals surface area contributed by atoms with Gasteiger partial charge in [0.15, 0.2) is 6.61 Å². The minimum absolute atomic E-state index is 0.155. The molecule has 2 N–H and O–H groups in total. The third kappa shape index (κ3) is 5.84. The van der Waals surface area contributed by atoms with Crippen LogP contribution in [0.3, 0.4) is 0 Å². The zero-order chi connectivity index (χ0) is 20.8. The Morgan fingerprint density at radius 1 is 0.828 bits per heavy atom. The fourth-order valence-electron chi connectivity index (χ4n) is 2.77. The van der Waals surface area contributed by atoms with E-state index in [0.29, 0.717) is 17.2 Å². The van der Waals surface area contributed by atoms with Crippen LogP contribution in [0.2, 0.25) is 0 Å². The van der Waals surface area contributed by atoms with Gasteiger partial charge in [0.2, 0.25) is 0 Å². The number of hydrogen-bond acceptors (Lipinski definition) is 4. The summed E-state index contributed by atoms with van der Waals surface area (Å²) in [5, 5.41) is 11.5. The number of nitrogens with one attached hydrogen (secondary N) is 1. The summed E-state index contributed by atoms with van der Waals surface area (Å²) >= 11 is 0. The van der Waals surface area contributed by atoms with Crippen molar-refractivity contribution < 1.29 is 24.2 Å². The van der Waals surface area contributed by atoms with Crippen LogP contribution in [0.15, 0.2) is 66.7 Å². The van der Waals surface area contributed by atoms with Crippen molar-refractivity contribution in [1.29, 1.82) is 0 Å². The van der Waals surface area contributed by atoms with Gasteiger partial charge in [-0.2, -0.15) is 0 Å². The molecule has 0 atom stereocenters. The van der Waals surface area contributed by atoms with Gasteiger partial charge in [-0.3, -0.25) is 4.79 Å². The number of ether oxygens (including phenoxy) is 2. The van der Waals surface area contributed by atoms with Gasteiger partial charge in [0.1, 0.15) is 17.2 Å². The van der Waals surface area contributed by atoms with Crippen LogP contribution in [-0.4, -0.2) is 23.6 Å². The van der Waals surface area contributed by atoms with Gasteiger partial charge in [-0.25, -0.2) is 4.79 Å². The lowest BCUT2D eigenvalue weighted by Crippen LogP contribution is -2.20. The van der Waals surface area contributed by atoms with E-state index < -0.39 is 5.97 Å². The lowest BCUT2D eigenvalue weighted by atomic mass is 10.1. The van der Waals surface area contributed by atoms with Crippen LogP contribution in [-0.2, 0) is 4.79 Å². The number of carboxylic acid groups (broad SMARTS) is 1. The number of hydrogen-bond donors (Lipinski definition) is 2. The van der Waals surface area contributed by atoms with E-state index in [-0.39, 0.29) is 18.1 Å². The number of anilines is 1. The van der Waals surface area contributed by atoms with Gasteiger partial charge >= 0.3 is 5.97 Å². The van der Waals surface area contributed by atoms with E-state index in [1.165, 1.54) is 24.3 Å². The van der Waals surface area contributed by atoms with Gasteiger partial charge in [0.25, 0.3) is 5.91 Å². The summed E-state index contributed by atoms with van der Waals surface area (Å²) < 4.78 is 11.3. The molecular formula is C23H21NO5. The van der Waals surface area contributed by atoms with Gasteiger partial charge in [0, 0.05) is 5.69 Å². The second-order valence-corrected chi connectivity index (χ2v) is 6.62. The largest absolute Gasteiger partial charge is 0.484 e. The summed E-state index contributed by atoms with van der Waals surface area (Å²) in [6.07, 6.45) is 0. The first-order valence-electron chi connectivity index (χ1n) is 9.01. The zero-order valence-electron chi connectivity index (χ0n) is 16.1.